The molecule has 0 radical (unpaired) electrons. The lowest BCUT2D eigenvalue weighted by atomic mass is 10.1. The van der Waals surface area contributed by atoms with Crippen molar-refractivity contribution in [2.45, 2.75) is 46.6 Å². The Morgan fingerprint density at radius 1 is 1.00 bits per heavy atom. The summed E-state index contributed by atoms with van der Waals surface area (Å²) in [5, 5.41) is 0. The second-order valence-corrected chi connectivity index (χ2v) is 9.17. The van der Waals surface area contributed by atoms with Gasteiger partial charge in [-0.05, 0) is 58.4 Å². The van der Waals surface area contributed by atoms with Crippen molar-refractivity contribution < 1.29 is 14.0 Å². The molecule has 1 aromatic carbocycles. The van der Waals surface area contributed by atoms with E-state index >= 15 is 0 Å². The van der Waals surface area contributed by atoms with E-state index in [4.69, 9.17) is 0 Å². The molecular weight excluding hydrogens is 381 g/mol. The Bertz CT molecular complexity index is 917. The average molecular weight is 414 g/mol. The molecule has 2 aromatic rings. The van der Waals surface area contributed by atoms with Crippen molar-refractivity contribution in [2.75, 3.05) is 32.7 Å². The SMILES string of the molecule is Cc1cc(C(=O)CN2CCN(C(=O)Cc3ccc(F)cc3)CC2)c(C)n1C(C)(C)C. The Balaban J connectivity index is 1.55. The van der Waals surface area contributed by atoms with Gasteiger partial charge in [0, 0.05) is 48.7 Å². The molecule has 1 aromatic heterocycles. The molecule has 5 nitrogen and oxygen atoms in total. The first-order valence-electron chi connectivity index (χ1n) is 10.5. The lowest BCUT2D eigenvalue weighted by Crippen LogP contribution is -2.50. The second-order valence-electron chi connectivity index (χ2n) is 9.17. The van der Waals surface area contributed by atoms with Crippen molar-refractivity contribution in [3.63, 3.8) is 0 Å². The molecule has 0 bridgehead atoms. The van der Waals surface area contributed by atoms with Gasteiger partial charge < -0.3 is 9.47 Å². The third kappa shape index (κ3) is 4.98. The maximum Gasteiger partial charge on any atom is 0.227 e. The maximum absolute atomic E-state index is 13.0. The van der Waals surface area contributed by atoms with E-state index in [-0.39, 0.29) is 29.5 Å². The van der Waals surface area contributed by atoms with Gasteiger partial charge in [0.15, 0.2) is 5.78 Å². The van der Waals surface area contributed by atoms with Crippen molar-refractivity contribution >= 4 is 11.7 Å². The molecule has 0 N–H and O–H groups in total. The van der Waals surface area contributed by atoms with E-state index in [1.54, 1.807) is 12.1 Å². The molecule has 1 aliphatic rings. The van der Waals surface area contributed by atoms with Crippen LogP contribution in [-0.4, -0.2) is 58.8 Å². The van der Waals surface area contributed by atoms with Crippen LogP contribution >= 0.6 is 0 Å². The topological polar surface area (TPSA) is 45.6 Å². The molecule has 0 unspecified atom stereocenters. The summed E-state index contributed by atoms with van der Waals surface area (Å²) in [5.41, 5.74) is 3.64. The van der Waals surface area contributed by atoms with Crippen molar-refractivity contribution in [3.8, 4) is 0 Å². The smallest absolute Gasteiger partial charge is 0.227 e. The number of hydrogen-bond acceptors (Lipinski definition) is 3. The minimum absolute atomic E-state index is 0.0429. The van der Waals surface area contributed by atoms with Gasteiger partial charge in [-0.25, -0.2) is 4.39 Å². The van der Waals surface area contributed by atoms with Crippen LogP contribution in [0.1, 0.15) is 48.1 Å². The number of amides is 1. The summed E-state index contributed by atoms with van der Waals surface area (Å²) in [5.74, 6) is -0.126. The van der Waals surface area contributed by atoms with E-state index in [1.807, 2.05) is 24.8 Å². The third-order valence-corrected chi connectivity index (χ3v) is 5.76. The minimum Gasteiger partial charge on any atom is -0.343 e. The number of carbonyl (C=O) groups excluding carboxylic acids is 2. The predicted octanol–water partition coefficient (Wildman–Crippen LogP) is 3.57. The molecule has 1 amide bonds. The zero-order chi connectivity index (χ0) is 22.1. The first-order valence-corrected chi connectivity index (χ1v) is 10.5. The van der Waals surface area contributed by atoms with Crippen LogP contribution in [0, 0.1) is 19.7 Å². The molecule has 0 atom stereocenters. The lowest BCUT2D eigenvalue weighted by Gasteiger charge is -2.34. The molecule has 162 valence electrons. The van der Waals surface area contributed by atoms with Crippen molar-refractivity contribution in [1.82, 2.24) is 14.4 Å². The summed E-state index contributed by atoms with van der Waals surface area (Å²) in [4.78, 5) is 29.4. The van der Waals surface area contributed by atoms with Gasteiger partial charge in [-0.3, -0.25) is 14.5 Å². The van der Waals surface area contributed by atoms with E-state index < -0.39 is 0 Å². The summed E-state index contributed by atoms with van der Waals surface area (Å²) in [6.07, 6.45) is 0.276. The van der Waals surface area contributed by atoms with Gasteiger partial charge in [-0.15, -0.1) is 0 Å². The quantitative estimate of drug-likeness (QED) is 0.704. The Morgan fingerprint density at radius 2 is 1.60 bits per heavy atom. The average Bonchev–Trinajstić information content (AvgIpc) is 2.98. The monoisotopic (exact) mass is 413 g/mol. The van der Waals surface area contributed by atoms with Gasteiger partial charge >= 0.3 is 0 Å². The highest BCUT2D eigenvalue weighted by atomic mass is 19.1. The first kappa shape index (κ1) is 22.2. The zero-order valence-corrected chi connectivity index (χ0v) is 18.7. The van der Waals surface area contributed by atoms with Crippen molar-refractivity contribution in [1.29, 1.82) is 0 Å². The van der Waals surface area contributed by atoms with Crippen LogP contribution in [0.15, 0.2) is 30.3 Å². The number of Topliss-reactive ketones (excluding diaryl/α,β-unsaturated/α-hetero) is 1. The number of hydrogen-bond donors (Lipinski definition) is 0. The molecule has 1 saturated heterocycles. The van der Waals surface area contributed by atoms with Gasteiger partial charge in [0.2, 0.25) is 5.91 Å². The van der Waals surface area contributed by atoms with Crippen LogP contribution in [0.2, 0.25) is 0 Å². The van der Waals surface area contributed by atoms with Crippen LogP contribution in [0.5, 0.6) is 0 Å². The molecule has 1 aliphatic heterocycles. The van der Waals surface area contributed by atoms with Gasteiger partial charge in [-0.2, -0.15) is 0 Å². The van der Waals surface area contributed by atoms with Gasteiger partial charge in [0.05, 0.1) is 13.0 Å². The molecule has 0 spiro atoms. The molecule has 6 heteroatoms. The van der Waals surface area contributed by atoms with E-state index in [9.17, 15) is 14.0 Å². The normalized spacial score (nSPS) is 15.5. The van der Waals surface area contributed by atoms with Gasteiger partial charge in [-0.1, -0.05) is 12.1 Å². The number of halogens is 1. The standard InChI is InChI=1S/C24H32FN3O2/c1-17-14-21(18(2)28(17)24(3,4)5)22(29)16-26-10-12-27(13-11-26)23(30)15-19-6-8-20(25)9-7-19/h6-9,14H,10-13,15-16H2,1-5H3. The Hall–Kier alpha value is -2.47. The van der Waals surface area contributed by atoms with E-state index in [2.05, 4.69) is 30.2 Å². The predicted molar refractivity (Wildman–Crippen MR) is 116 cm³/mol. The second kappa shape index (κ2) is 8.72. The number of benzene rings is 1. The first-order chi connectivity index (χ1) is 14.1. The van der Waals surface area contributed by atoms with Crippen molar-refractivity contribution in [3.05, 3.63) is 58.7 Å². The van der Waals surface area contributed by atoms with Crippen LogP contribution in [0.3, 0.4) is 0 Å². The zero-order valence-electron chi connectivity index (χ0n) is 18.7. The third-order valence-electron chi connectivity index (χ3n) is 5.76. The highest BCUT2D eigenvalue weighted by Crippen LogP contribution is 2.25. The fraction of sp³-hybridized carbons (Fsp3) is 0.500. The number of aryl methyl sites for hydroxylation is 1. The lowest BCUT2D eigenvalue weighted by molar-refractivity contribution is -0.132. The van der Waals surface area contributed by atoms with Crippen LogP contribution in [0.25, 0.3) is 0 Å². The molecule has 3 rings (SSSR count). The van der Waals surface area contributed by atoms with Crippen LogP contribution < -0.4 is 0 Å². The molecule has 2 heterocycles. The number of ketones is 1. The minimum atomic E-state index is -0.298. The van der Waals surface area contributed by atoms with Crippen LogP contribution in [0.4, 0.5) is 4.39 Å². The summed E-state index contributed by atoms with van der Waals surface area (Å²) in [6.45, 7) is 13.4. The van der Waals surface area contributed by atoms with Crippen molar-refractivity contribution in [2.24, 2.45) is 0 Å². The summed E-state index contributed by atoms with van der Waals surface area (Å²) in [6, 6.07) is 8.05. The number of nitrogens with zero attached hydrogens (tertiary/aromatic N) is 3. The van der Waals surface area contributed by atoms with Crippen LogP contribution in [-0.2, 0) is 16.8 Å². The number of rotatable bonds is 5. The Kier molecular flexibility index (Phi) is 6.46. The molecular formula is C24H32FN3O2. The molecule has 30 heavy (non-hydrogen) atoms. The highest BCUT2D eigenvalue weighted by Gasteiger charge is 2.26. The number of piperazine rings is 1. The van der Waals surface area contributed by atoms with Gasteiger partial charge in [0.1, 0.15) is 5.82 Å². The summed E-state index contributed by atoms with van der Waals surface area (Å²) in [7, 11) is 0. The Labute approximate surface area is 178 Å². The summed E-state index contributed by atoms with van der Waals surface area (Å²) < 4.78 is 15.2. The summed E-state index contributed by atoms with van der Waals surface area (Å²) >= 11 is 0. The maximum atomic E-state index is 13.0. The van der Waals surface area contributed by atoms with Gasteiger partial charge in [0.25, 0.3) is 0 Å². The highest BCUT2D eigenvalue weighted by molar-refractivity contribution is 5.99. The molecule has 0 aliphatic carbocycles. The van der Waals surface area contributed by atoms with E-state index in [1.165, 1.54) is 12.1 Å². The molecule has 0 saturated carbocycles. The fourth-order valence-electron chi connectivity index (χ4n) is 4.41. The number of aromatic nitrogens is 1. The largest absolute Gasteiger partial charge is 0.343 e. The van der Waals surface area contributed by atoms with E-state index in [0.29, 0.717) is 32.7 Å². The fourth-order valence-corrected chi connectivity index (χ4v) is 4.41. The Morgan fingerprint density at radius 3 is 2.13 bits per heavy atom. The number of carbonyl (C=O) groups is 2. The molecule has 1 fully saturated rings. The van der Waals surface area contributed by atoms with E-state index in [0.717, 1.165) is 22.5 Å².